The van der Waals surface area contributed by atoms with Crippen molar-refractivity contribution in [3.05, 3.63) is 6.43 Å². The van der Waals surface area contributed by atoms with Crippen molar-refractivity contribution in [3.8, 4) is 0 Å². The molecule has 0 saturated heterocycles. The minimum atomic E-state index is -5.33. The smallest absolute Gasteiger partial charge is 0.192 e. The van der Waals surface area contributed by atoms with Gasteiger partial charge >= 0.3 is 16.3 Å². The highest BCUT2D eigenvalue weighted by Crippen LogP contribution is 2.46. The van der Waals surface area contributed by atoms with Crippen LogP contribution in [-0.2, 0) is 0 Å². The average molecular weight is 277 g/mol. The molecule has 1 radical (unpaired) electrons. The van der Waals surface area contributed by atoms with Gasteiger partial charge in [-0.25, -0.2) is 0 Å². The van der Waals surface area contributed by atoms with E-state index in [-0.39, 0.29) is 22.6 Å². The fraction of sp³-hybridized carbons (Fsp3) is 0.667. The van der Waals surface area contributed by atoms with E-state index in [1.165, 1.54) is 0 Å². The van der Waals surface area contributed by atoms with Crippen LogP contribution in [0.3, 0.4) is 0 Å². The Morgan fingerprint density at radius 2 is 1.30 bits per heavy atom. The molecule has 0 nitrogen and oxygen atoms in total. The lowest BCUT2D eigenvalue weighted by molar-refractivity contribution is -0.168. The van der Waals surface area contributed by atoms with E-state index in [4.69, 9.17) is 0 Å². The Hall–Kier alpha value is 0.310. The van der Waals surface area contributed by atoms with Gasteiger partial charge in [-0.15, -0.1) is 0 Å². The molecule has 61 valence electrons. The van der Waals surface area contributed by atoms with Gasteiger partial charge in [0.1, 0.15) is 0 Å². The third-order valence-corrected chi connectivity index (χ3v) is 1.27. The molecule has 0 atom stereocenters. The summed E-state index contributed by atoms with van der Waals surface area (Å²) in [4.78, 5) is 0. The summed E-state index contributed by atoms with van der Waals surface area (Å²) in [5, 5.41) is 0. The van der Waals surface area contributed by atoms with E-state index < -0.39 is 16.3 Å². The van der Waals surface area contributed by atoms with Crippen LogP contribution in [0.1, 0.15) is 0 Å². The van der Waals surface area contributed by atoms with Gasteiger partial charge in [0.25, 0.3) is 0 Å². The molecule has 0 fully saturated rings. The van der Waals surface area contributed by atoms with Crippen molar-refractivity contribution >= 4 is 22.6 Å². The summed E-state index contributed by atoms with van der Waals surface area (Å²) < 4.78 is 63.2. The maximum absolute atomic E-state index is 11.5. The van der Waals surface area contributed by atoms with Gasteiger partial charge in [0.15, 0.2) is 0 Å². The molecule has 0 aromatic rings. The summed E-state index contributed by atoms with van der Waals surface area (Å²) in [6, 6.07) is 0. The molecular formula is C3F6I. The van der Waals surface area contributed by atoms with E-state index in [1.54, 1.807) is 0 Å². The standard InChI is InChI=1S/C3F6I/c4-1(5)2(6,7)3(8,9)10. The maximum atomic E-state index is 11.5. The largest absolute Gasteiger partial charge is 0.387 e. The van der Waals surface area contributed by atoms with Crippen LogP contribution in [0, 0.1) is 6.43 Å². The SMILES string of the molecule is F[C](F)C(F)(F)C(F)(F)I. The van der Waals surface area contributed by atoms with E-state index in [9.17, 15) is 26.3 Å². The monoisotopic (exact) mass is 277 g/mol. The molecule has 0 bridgehead atoms. The summed E-state index contributed by atoms with van der Waals surface area (Å²) in [6.45, 7) is 0. The molecule has 0 aliphatic rings. The van der Waals surface area contributed by atoms with Gasteiger partial charge in [-0.2, -0.15) is 26.3 Å². The van der Waals surface area contributed by atoms with Crippen molar-refractivity contribution in [2.45, 2.75) is 9.85 Å². The van der Waals surface area contributed by atoms with Crippen molar-refractivity contribution < 1.29 is 26.3 Å². The molecule has 0 unspecified atom stereocenters. The number of halogens is 7. The Morgan fingerprint density at radius 3 is 1.30 bits per heavy atom. The van der Waals surface area contributed by atoms with Gasteiger partial charge < -0.3 is 0 Å². The van der Waals surface area contributed by atoms with E-state index in [2.05, 4.69) is 0 Å². The summed E-state index contributed by atoms with van der Waals surface area (Å²) in [7, 11) is 0. The van der Waals surface area contributed by atoms with Crippen molar-refractivity contribution in [3.63, 3.8) is 0 Å². The fourth-order valence-corrected chi connectivity index (χ4v) is 0.311. The fourth-order valence-electron chi connectivity index (χ4n) is 0.107. The molecule has 0 amide bonds. The number of rotatable bonds is 2. The zero-order valence-electron chi connectivity index (χ0n) is 4.15. The quantitative estimate of drug-likeness (QED) is 0.413. The summed E-state index contributed by atoms with van der Waals surface area (Å²) in [5.74, 6) is -5.33. The van der Waals surface area contributed by atoms with Crippen molar-refractivity contribution in [1.82, 2.24) is 0 Å². The van der Waals surface area contributed by atoms with E-state index >= 15 is 0 Å². The lowest BCUT2D eigenvalue weighted by atomic mass is 10.4. The van der Waals surface area contributed by atoms with E-state index in [0.29, 0.717) is 0 Å². The zero-order chi connectivity index (χ0) is 8.58. The maximum Gasteiger partial charge on any atom is 0.387 e. The van der Waals surface area contributed by atoms with E-state index in [0.717, 1.165) is 0 Å². The molecule has 0 aromatic heterocycles. The van der Waals surface area contributed by atoms with Crippen LogP contribution in [0.2, 0.25) is 0 Å². The molecule has 0 spiro atoms. The highest BCUT2D eigenvalue weighted by atomic mass is 127. The van der Waals surface area contributed by atoms with E-state index in [1.807, 2.05) is 0 Å². The second-order valence-electron chi connectivity index (χ2n) is 1.33. The summed E-state index contributed by atoms with van der Waals surface area (Å²) in [5.41, 5.74) is 0. The molecule has 0 aromatic carbocycles. The van der Waals surface area contributed by atoms with Crippen LogP contribution in [0.4, 0.5) is 26.3 Å². The molecule has 0 N–H and O–H groups in total. The van der Waals surface area contributed by atoms with Gasteiger partial charge in [0, 0.05) is 22.6 Å². The van der Waals surface area contributed by atoms with Crippen LogP contribution in [0.25, 0.3) is 0 Å². The zero-order valence-corrected chi connectivity index (χ0v) is 6.30. The Kier molecular flexibility index (Phi) is 2.83. The van der Waals surface area contributed by atoms with Crippen LogP contribution >= 0.6 is 22.6 Å². The lowest BCUT2D eigenvalue weighted by Crippen LogP contribution is -2.37. The second kappa shape index (κ2) is 2.74. The minimum Gasteiger partial charge on any atom is -0.192 e. The summed E-state index contributed by atoms with van der Waals surface area (Å²) in [6.07, 6.45) is -3.58. The van der Waals surface area contributed by atoms with Crippen molar-refractivity contribution in [2.24, 2.45) is 0 Å². The first-order valence-corrected chi connectivity index (χ1v) is 2.90. The Morgan fingerprint density at radius 1 is 1.00 bits per heavy atom. The summed E-state index contributed by atoms with van der Waals surface area (Å²) >= 11 is -0.0496. The Balaban J connectivity index is 4.40. The van der Waals surface area contributed by atoms with Crippen LogP contribution in [0.15, 0.2) is 0 Å². The topological polar surface area (TPSA) is 0 Å². The number of alkyl halides is 5. The first kappa shape index (κ1) is 10.3. The lowest BCUT2D eigenvalue weighted by Gasteiger charge is -2.18. The van der Waals surface area contributed by atoms with Gasteiger partial charge in [-0.1, -0.05) is 0 Å². The second-order valence-corrected chi connectivity index (χ2v) is 2.69. The number of hydrogen-bond acceptors (Lipinski definition) is 0. The number of hydrogen-bond donors (Lipinski definition) is 0. The molecule has 0 heterocycles. The minimum absolute atomic E-state index is 0.0496. The normalized spacial score (nSPS) is 14.4. The van der Waals surface area contributed by atoms with Crippen molar-refractivity contribution in [2.75, 3.05) is 0 Å². The molecule has 0 rings (SSSR count). The third-order valence-electron chi connectivity index (χ3n) is 0.593. The van der Waals surface area contributed by atoms with Gasteiger partial charge in [-0.05, 0) is 0 Å². The van der Waals surface area contributed by atoms with Crippen LogP contribution < -0.4 is 0 Å². The first-order valence-electron chi connectivity index (χ1n) is 1.82. The third kappa shape index (κ3) is 1.89. The van der Waals surface area contributed by atoms with Gasteiger partial charge in [0.2, 0.25) is 0 Å². The van der Waals surface area contributed by atoms with Gasteiger partial charge in [0.05, 0.1) is 0 Å². The highest BCUT2D eigenvalue weighted by molar-refractivity contribution is 14.1. The highest BCUT2D eigenvalue weighted by Gasteiger charge is 2.62. The first-order chi connectivity index (χ1) is 4.19. The predicted octanol–water partition coefficient (Wildman–Crippen LogP) is 3.08. The molecule has 10 heavy (non-hydrogen) atoms. The molecular weight excluding hydrogens is 277 g/mol. The molecule has 0 aliphatic carbocycles. The average Bonchev–Trinajstić information content (AvgIpc) is 1.62. The van der Waals surface area contributed by atoms with Gasteiger partial charge in [-0.3, -0.25) is 0 Å². The van der Waals surface area contributed by atoms with Crippen molar-refractivity contribution in [1.29, 1.82) is 0 Å². The van der Waals surface area contributed by atoms with Crippen LogP contribution in [-0.4, -0.2) is 9.85 Å². The van der Waals surface area contributed by atoms with Crippen LogP contribution in [0.5, 0.6) is 0 Å². The molecule has 7 heteroatoms. The molecule has 0 aliphatic heterocycles. The predicted molar refractivity (Wildman–Crippen MR) is 29.4 cm³/mol. The Labute approximate surface area is 65.7 Å². The molecule has 0 saturated carbocycles. The Bertz CT molecular complexity index is 115.